The maximum Gasteiger partial charge on any atom is 0.243 e. The van der Waals surface area contributed by atoms with E-state index in [0.29, 0.717) is 12.0 Å². The van der Waals surface area contributed by atoms with Crippen LogP contribution >= 0.6 is 0 Å². The second-order valence-corrected chi connectivity index (χ2v) is 4.86. The zero-order valence-electron chi connectivity index (χ0n) is 10.8. The van der Waals surface area contributed by atoms with E-state index >= 15 is 0 Å². The quantitative estimate of drug-likeness (QED) is 0.743. The third kappa shape index (κ3) is 2.01. The fourth-order valence-corrected chi connectivity index (χ4v) is 2.41. The lowest BCUT2D eigenvalue weighted by molar-refractivity contribution is 0.571. The summed E-state index contributed by atoms with van der Waals surface area (Å²) in [4.78, 5) is 8.39. The van der Waals surface area contributed by atoms with Gasteiger partial charge in [-0.15, -0.1) is 5.10 Å². The van der Waals surface area contributed by atoms with Gasteiger partial charge in [-0.2, -0.15) is 4.98 Å². The van der Waals surface area contributed by atoms with Crippen LogP contribution in [-0.2, 0) is 0 Å². The topological polar surface area (TPSA) is 80.3 Å². The molecule has 1 unspecified atom stereocenters. The Labute approximate surface area is 115 Å². The fourth-order valence-electron chi connectivity index (χ4n) is 2.41. The van der Waals surface area contributed by atoms with Crippen LogP contribution in [0.15, 0.2) is 35.3 Å². The van der Waals surface area contributed by atoms with Crippen molar-refractivity contribution in [2.75, 3.05) is 18.4 Å². The molecule has 1 saturated heterocycles. The van der Waals surface area contributed by atoms with E-state index in [0.717, 1.165) is 36.5 Å². The Kier molecular flexibility index (Phi) is 2.63. The van der Waals surface area contributed by atoms with Gasteiger partial charge in [0.1, 0.15) is 0 Å². The first kappa shape index (κ1) is 11.4. The number of hydrogen-bond acceptors (Lipinski definition) is 6. The summed E-state index contributed by atoms with van der Waals surface area (Å²) in [5, 5.41) is 11.1. The number of rotatable bonds is 3. The molecule has 0 spiro atoms. The summed E-state index contributed by atoms with van der Waals surface area (Å²) in [6.45, 7) is 2.00. The molecular weight excluding hydrogens is 256 g/mol. The van der Waals surface area contributed by atoms with Crippen LogP contribution in [0.4, 0.5) is 5.95 Å². The standard InChI is InChI=1S/C13H14N6O/c1-2-12-17-13(16-10-3-4-14-5-10)18-19(12)7-9(1)11-6-15-8-20-11/h1-2,6-8,10,14H,3-5H2,(H,16,18). The third-order valence-electron chi connectivity index (χ3n) is 3.44. The summed E-state index contributed by atoms with van der Waals surface area (Å²) < 4.78 is 7.04. The van der Waals surface area contributed by atoms with Crippen LogP contribution in [0, 0.1) is 0 Å². The van der Waals surface area contributed by atoms with E-state index in [1.165, 1.54) is 6.39 Å². The molecule has 0 amide bonds. The summed E-state index contributed by atoms with van der Waals surface area (Å²) in [6, 6.07) is 4.27. The molecule has 20 heavy (non-hydrogen) atoms. The van der Waals surface area contributed by atoms with Crippen LogP contribution in [0.1, 0.15) is 6.42 Å². The number of hydrogen-bond donors (Lipinski definition) is 2. The average Bonchev–Trinajstić information content (AvgIpc) is 3.19. The first-order valence-corrected chi connectivity index (χ1v) is 6.61. The van der Waals surface area contributed by atoms with E-state index in [-0.39, 0.29) is 0 Å². The van der Waals surface area contributed by atoms with Crippen molar-refractivity contribution >= 4 is 11.6 Å². The summed E-state index contributed by atoms with van der Waals surface area (Å²) in [6.07, 6.45) is 6.09. The number of fused-ring (bicyclic) bond motifs is 1. The minimum atomic E-state index is 0.404. The molecule has 7 nitrogen and oxygen atoms in total. The lowest BCUT2D eigenvalue weighted by Crippen LogP contribution is -2.22. The second kappa shape index (κ2) is 4.61. The normalized spacial score (nSPS) is 18.7. The van der Waals surface area contributed by atoms with Crippen molar-refractivity contribution in [2.45, 2.75) is 12.5 Å². The average molecular weight is 270 g/mol. The van der Waals surface area contributed by atoms with Crippen molar-refractivity contribution < 1.29 is 4.42 Å². The lowest BCUT2D eigenvalue weighted by atomic mass is 10.2. The molecule has 0 radical (unpaired) electrons. The predicted molar refractivity (Wildman–Crippen MR) is 73.4 cm³/mol. The SMILES string of the molecule is c1ncc(-c2ccc3nc(NC4CCNC4)nn3c2)o1. The number of aromatic nitrogens is 4. The van der Waals surface area contributed by atoms with Crippen LogP contribution in [0.25, 0.3) is 17.0 Å². The van der Waals surface area contributed by atoms with E-state index < -0.39 is 0 Å². The van der Waals surface area contributed by atoms with Crippen molar-refractivity contribution in [2.24, 2.45) is 0 Å². The van der Waals surface area contributed by atoms with E-state index in [1.54, 1.807) is 10.7 Å². The van der Waals surface area contributed by atoms with Crippen molar-refractivity contribution in [1.29, 1.82) is 0 Å². The van der Waals surface area contributed by atoms with E-state index in [2.05, 4.69) is 25.7 Å². The Hall–Kier alpha value is -2.41. The van der Waals surface area contributed by atoms with Gasteiger partial charge in [-0.05, 0) is 25.1 Å². The van der Waals surface area contributed by atoms with Gasteiger partial charge < -0.3 is 15.1 Å². The van der Waals surface area contributed by atoms with Crippen LogP contribution in [0.5, 0.6) is 0 Å². The molecule has 7 heteroatoms. The summed E-state index contributed by atoms with van der Waals surface area (Å²) in [5.74, 6) is 1.38. The third-order valence-corrected chi connectivity index (χ3v) is 3.44. The maximum absolute atomic E-state index is 5.29. The van der Waals surface area contributed by atoms with Crippen molar-refractivity contribution in [3.8, 4) is 11.3 Å². The summed E-state index contributed by atoms with van der Waals surface area (Å²) in [5.41, 5.74) is 1.73. The molecule has 0 aromatic carbocycles. The molecule has 4 rings (SSSR count). The molecule has 0 saturated carbocycles. The smallest absolute Gasteiger partial charge is 0.243 e. The Bertz CT molecular complexity index is 714. The highest BCUT2D eigenvalue weighted by Crippen LogP contribution is 2.19. The van der Waals surface area contributed by atoms with Crippen molar-refractivity contribution in [3.05, 3.63) is 30.9 Å². The summed E-state index contributed by atoms with van der Waals surface area (Å²) in [7, 11) is 0. The molecule has 3 aromatic heterocycles. The molecule has 2 N–H and O–H groups in total. The molecule has 102 valence electrons. The Morgan fingerprint density at radius 1 is 1.40 bits per heavy atom. The van der Waals surface area contributed by atoms with Crippen LogP contribution < -0.4 is 10.6 Å². The van der Waals surface area contributed by atoms with Gasteiger partial charge in [0, 0.05) is 24.3 Å². The van der Waals surface area contributed by atoms with E-state index in [1.807, 2.05) is 18.3 Å². The highest BCUT2D eigenvalue weighted by Gasteiger charge is 2.16. The molecule has 0 aliphatic carbocycles. The Morgan fingerprint density at radius 3 is 3.20 bits per heavy atom. The van der Waals surface area contributed by atoms with Gasteiger partial charge in [0.05, 0.1) is 6.20 Å². The number of nitrogens with one attached hydrogen (secondary N) is 2. The fraction of sp³-hybridized carbons (Fsp3) is 0.308. The van der Waals surface area contributed by atoms with Crippen LogP contribution in [-0.4, -0.2) is 38.7 Å². The zero-order chi connectivity index (χ0) is 13.4. The lowest BCUT2D eigenvalue weighted by Gasteiger charge is -2.07. The van der Waals surface area contributed by atoms with Gasteiger partial charge in [0.15, 0.2) is 17.8 Å². The highest BCUT2D eigenvalue weighted by molar-refractivity contribution is 5.58. The van der Waals surface area contributed by atoms with Crippen molar-refractivity contribution in [3.63, 3.8) is 0 Å². The first-order chi connectivity index (χ1) is 9.88. The second-order valence-electron chi connectivity index (χ2n) is 4.86. The minimum absolute atomic E-state index is 0.404. The number of nitrogens with zero attached hydrogens (tertiary/aromatic N) is 4. The first-order valence-electron chi connectivity index (χ1n) is 6.61. The maximum atomic E-state index is 5.29. The van der Waals surface area contributed by atoms with Crippen LogP contribution in [0.2, 0.25) is 0 Å². The molecule has 1 fully saturated rings. The minimum Gasteiger partial charge on any atom is -0.443 e. The van der Waals surface area contributed by atoms with Gasteiger partial charge in [-0.3, -0.25) is 0 Å². The number of oxazole rings is 1. The Morgan fingerprint density at radius 2 is 2.40 bits per heavy atom. The largest absolute Gasteiger partial charge is 0.443 e. The van der Waals surface area contributed by atoms with E-state index in [9.17, 15) is 0 Å². The highest BCUT2D eigenvalue weighted by atomic mass is 16.3. The monoisotopic (exact) mass is 270 g/mol. The number of pyridine rings is 1. The molecule has 1 aliphatic heterocycles. The van der Waals surface area contributed by atoms with Gasteiger partial charge in [-0.25, -0.2) is 9.50 Å². The molecular formula is C13H14N6O. The molecule has 1 atom stereocenters. The molecule has 1 aliphatic rings. The molecule has 4 heterocycles. The number of anilines is 1. The molecule has 3 aromatic rings. The van der Waals surface area contributed by atoms with Gasteiger partial charge in [0.2, 0.25) is 5.95 Å². The molecule has 0 bridgehead atoms. The van der Waals surface area contributed by atoms with Gasteiger partial charge in [0.25, 0.3) is 0 Å². The predicted octanol–water partition coefficient (Wildman–Crippen LogP) is 1.16. The summed E-state index contributed by atoms with van der Waals surface area (Å²) >= 11 is 0. The Balaban J connectivity index is 1.65. The zero-order valence-corrected chi connectivity index (χ0v) is 10.8. The van der Waals surface area contributed by atoms with Gasteiger partial charge >= 0.3 is 0 Å². The van der Waals surface area contributed by atoms with E-state index in [4.69, 9.17) is 4.42 Å². The van der Waals surface area contributed by atoms with Crippen LogP contribution in [0.3, 0.4) is 0 Å². The van der Waals surface area contributed by atoms with Crippen molar-refractivity contribution in [1.82, 2.24) is 24.9 Å². The van der Waals surface area contributed by atoms with Gasteiger partial charge in [-0.1, -0.05) is 0 Å².